The number of nitrogens with zero attached hydrogens (tertiary/aromatic N) is 1. The monoisotopic (exact) mass is 285 g/mol. The largest absolute Gasteiger partial charge is 0.351 e. The van der Waals surface area contributed by atoms with Crippen molar-refractivity contribution in [3.05, 3.63) is 0 Å². The molecule has 0 saturated heterocycles. The Labute approximate surface area is 126 Å². The van der Waals surface area contributed by atoms with Crippen LogP contribution in [0.25, 0.3) is 0 Å². The first-order chi connectivity index (χ1) is 9.45. The summed E-state index contributed by atoms with van der Waals surface area (Å²) >= 11 is 0. The minimum atomic E-state index is 0.174. The maximum Gasteiger partial charge on any atom is 0.275 e. The first kappa shape index (κ1) is 19.4. The molecule has 120 valence electrons. The minimum Gasteiger partial charge on any atom is -0.351 e. The molecule has 20 heavy (non-hydrogen) atoms. The normalized spacial score (nSPS) is 11.6. The van der Waals surface area contributed by atoms with Gasteiger partial charge in [-0.15, -0.1) is 0 Å². The van der Waals surface area contributed by atoms with Crippen LogP contribution < -0.4 is 5.32 Å². The van der Waals surface area contributed by atoms with E-state index in [1.54, 1.807) is 0 Å². The number of nitrogens with one attached hydrogen (secondary N) is 1. The fourth-order valence-electron chi connectivity index (χ4n) is 2.33. The third kappa shape index (κ3) is 15.5. The van der Waals surface area contributed by atoms with E-state index in [0.29, 0.717) is 11.0 Å². The number of carbonyl (C=O) groups is 1. The van der Waals surface area contributed by atoms with Crippen LogP contribution in [0.4, 0.5) is 0 Å². The van der Waals surface area contributed by atoms with Crippen molar-refractivity contribution >= 4 is 5.91 Å². The van der Waals surface area contributed by atoms with Crippen molar-refractivity contribution in [1.29, 1.82) is 0 Å². The summed E-state index contributed by atoms with van der Waals surface area (Å²) in [6.45, 7) is 3.67. The highest BCUT2D eigenvalue weighted by Gasteiger charge is 2.12. The average Bonchev–Trinajstić information content (AvgIpc) is 2.34. The molecule has 3 heteroatoms. The molecule has 0 aromatic heterocycles. The van der Waals surface area contributed by atoms with Gasteiger partial charge < -0.3 is 9.80 Å². The van der Waals surface area contributed by atoms with Gasteiger partial charge in [-0.2, -0.15) is 0 Å². The molecule has 0 aromatic carbocycles. The van der Waals surface area contributed by atoms with Crippen LogP contribution in [0.5, 0.6) is 0 Å². The van der Waals surface area contributed by atoms with Crippen molar-refractivity contribution in [1.82, 2.24) is 5.32 Å². The van der Waals surface area contributed by atoms with Crippen molar-refractivity contribution in [3.8, 4) is 0 Å². The third-order valence-electron chi connectivity index (χ3n) is 3.47. The van der Waals surface area contributed by atoms with Gasteiger partial charge in [-0.05, 0) is 6.42 Å². The SMILES string of the molecule is CCCCCCCCCCCCNC(=O)C[N+](C)(C)C. The number of unbranched alkanes of at least 4 members (excludes halogenated alkanes) is 9. The molecule has 1 amide bonds. The minimum absolute atomic E-state index is 0.174. The van der Waals surface area contributed by atoms with E-state index in [-0.39, 0.29) is 5.91 Å². The molecule has 0 spiro atoms. The lowest BCUT2D eigenvalue weighted by Crippen LogP contribution is -2.44. The number of rotatable bonds is 13. The molecule has 0 aliphatic heterocycles. The Kier molecular flexibility index (Phi) is 11.8. The lowest BCUT2D eigenvalue weighted by atomic mass is 10.1. The molecular formula is C17H37N2O+. The maximum atomic E-state index is 11.6. The van der Waals surface area contributed by atoms with Gasteiger partial charge in [0, 0.05) is 6.54 Å². The predicted molar refractivity (Wildman–Crippen MR) is 87.8 cm³/mol. The van der Waals surface area contributed by atoms with E-state index in [1.807, 2.05) is 21.1 Å². The summed E-state index contributed by atoms with van der Waals surface area (Å²) in [5, 5.41) is 3.01. The number of hydrogen-bond acceptors (Lipinski definition) is 1. The Bertz CT molecular complexity index is 234. The summed E-state index contributed by atoms with van der Waals surface area (Å²) in [6, 6.07) is 0. The highest BCUT2D eigenvalue weighted by Crippen LogP contribution is 2.10. The zero-order valence-electron chi connectivity index (χ0n) is 14.3. The summed E-state index contributed by atoms with van der Waals surface area (Å²) in [5.74, 6) is 0.174. The van der Waals surface area contributed by atoms with Crippen LogP contribution in [0.15, 0.2) is 0 Å². The molecule has 1 N–H and O–H groups in total. The Morgan fingerprint density at radius 2 is 1.25 bits per heavy atom. The van der Waals surface area contributed by atoms with Crippen LogP contribution in [-0.4, -0.2) is 44.6 Å². The number of amides is 1. The quantitative estimate of drug-likeness (QED) is 0.405. The van der Waals surface area contributed by atoms with Crippen molar-refractivity contribution in [2.45, 2.75) is 71.1 Å². The van der Waals surface area contributed by atoms with Crippen molar-refractivity contribution in [3.63, 3.8) is 0 Å². The molecule has 0 atom stereocenters. The number of likely N-dealkylation sites (N-methyl/N-ethyl adjacent to an activating group) is 1. The molecule has 3 nitrogen and oxygen atoms in total. The van der Waals surface area contributed by atoms with Gasteiger partial charge in [0.05, 0.1) is 21.1 Å². The maximum absolute atomic E-state index is 11.6. The van der Waals surface area contributed by atoms with Gasteiger partial charge in [0.2, 0.25) is 0 Å². The van der Waals surface area contributed by atoms with Crippen LogP contribution >= 0.6 is 0 Å². The van der Waals surface area contributed by atoms with E-state index in [2.05, 4.69) is 12.2 Å². The molecule has 0 heterocycles. The fraction of sp³-hybridized carbons (Fsp3) is 0.941. The predicted octanol–water partition coefficient (Wildman–Crippen LogP) is 3.73. The van der Waals surface area contributed by atoms with Gasteiger partial charge in [0.15, 0.2) is 6.54 Å². The second kappa shape index (κ2) is 12.2. The lowest BCUT2D eigenvalue weighted by molar-refractivity contribution is -0.862. The first-order valence-electron chi connectivity index (χ1n) is 8.53. The highest BCUT2D eigenvalue weighted by molar-refractivity contribution is 5.76. The Balaban J connectivity index is 3.19. The van der Waals surface area contributed by atoms with Crippen LogP contribution in [0.2, 0.25) is 0 Å². The van der Waals surface area contributed by atoms with Crippen molar-refractivity contribution in [2.24, 2.45) is 0 Å². The molecule has 0 aliphatic carbocycles. The molecule has 0 fully saturated rings. The first-order valence-corrected chi connectivity index (χ1v) is 8.53. The fourth-order valence-corrected chi connectivity index (χ4v) is 2.33. The van der Waals surface area contributed by atoms with Crippen molar-refractivity contribution < 1.29 is 9.28 Å². The van der Waals surface area contributed by atoms with E-state index in [4.69, 9.17) is 0 Å². The van der Waals surface area contributed by atoms with Gasteiger partial charge >= 0.3 is 0 Å². The summed E-state index contributed by atoms with van der Waals surface area (Å²) in [7, 11) is 6.13. The van der Waals surface area contributed by atoms with Gasteiger partial charge in [-0.1, -0.05) is 64.7 Å². The summed E-state index contributed by atoms with van der Waals surface area (Å²) in [4.78, 5) is 11.6. The molecular weight excluding hydrogens is 248 g/mol. The molecule has 0 saturated carbocycles. The highest BCUT2D eigenvalue weighted by atomic mass is 16.2. The second-order valence-electron chi connectivity index (χ2n) is 6.98. The standard InChI is InChI=1S/C17H36N2O/c1-5-6-7-8-9-10-11-12-13-14-15-18-17(20)16-19(2,3)4/h5-16H2,1-4H3/p+1. The molecule has 0 aliphatic rings. The lowest BCUT2D eigenvalue weighted by Gasteiger charge is -2.22. The molecule has 0 radical (unpaired) electrons. The van der Waals surface area contributed by atoms with E-state index in [0.717, 1.165) is 13.0 Å². The molecule has 0 unspecified atom stereocenters. The Morgan fingerprint density at radius 1 is 0.800 bits per heavy atom. The smallest absolute Gasteiger partial charge is 0.275 e. The van der Waals surface area contributed by atoms with Crippen LogP contribution in [0, 0.1) is 0 Å². The third-order valence-corrected chi connectivity index (χ3v) is 3.47. The Hall–Kier alpha value is -0.570. The summed E-state index contributed by atoms with van der Waals surface area (Å²) < 4.78 is 0.698. The van der Waals surface area contributed by atoms with Gasteiger partial charge in [-0.3, -0.25) is 4.79 Å². The van der Waals surface area contributed by atoms with E-state index >= 15 is 0 Å². The topological polar surface area (TPSA) is 29.1 Å². The van der Waals surface area contributed by atoms with Crippen molar-refractivity contribution in [2.75, 3.05) is 34.2 Å². The zero-order chi connectivity index (χ0) is 15.3. The summed E-state index contributed by atoms with van der Waals surface area (Å²) in [5.41, 5.74) is 0. The molecule has 0 bridgehead atoms. The average molecular weight is 285 g/mol. The second-order valence-corrected chi connectivity index (χ2v) is 6.98. The van der Waals surface area contributed by atoms with Gasteiger partial charge in [0.1, 0.15) is 0 Å². The molecule has 0 aromatic rings. The van der Waals surface area contributed by atoms with Crippen LogP contribution in [0.3, 0.4) is 0 Å². The number of quaternary nitrogens is 1. The Morgan fingerprint density at radius 3 is 1.70 bits per heavy atom. The van der Waals surface area contributed by atoms with Gasteiger partial charge in [-0.25, -0.2) is 0 Å². The van der Waals surface area contributed by atoms with E-state index < -0.39 is 0 Å². The number of hydrogen-bond donors (Lipinski definition) is 1. The summed E-state index contributed by atoms with van der Waals surface area (Å²) in [6.07, 6.45) is 13.4. The van der Waals surface area contributed by atoms with E-state index in [9.17, 15) is 4.79 Å². The van der Waals surface area contributed by atoms with Crippen LogP contribution in [0.1, 0.15) is 71.1 Å². The van der Waals surface area contributed by atoms with Gasteiger partial charge in [0.25, 0.3) is 5.91 Å². The zero-order valence-corrected chi connectivity index (χ0v) is 14.3. The number of carbonyl (C=O) groups excluding carboxylic acids is 1. The van der Waals surface area contributed by atoms with Crippen LogP contribution in [-0.2, 0) is 4.79 Å². The molecule has 0 rings (SSSR count). The van der Waals surface area contributed by atoms with E-state index in [1.165, 1.54) is 57.8 Å².